The average Bonchev–Trinajstić information content (AvgIpc) is 2.38. The van der Waals surface area contributed by atoms with Crippen LogP contribution in [0.5, 0.6) is 5.75 Å². The molecule has 0 spiro atoms. The zero-order valence-corrected chi connectivity index (χ0v) is 12.7. The molecule has 0 bridgehead atoms. The number of carbonyl (C=O) groups is 1. The first kappa shape index (κ1) is 14.4. The van der Waals surface area contributed by atoms with Crippen molar-refractivity contribution in [2.75, 3.05) is 12.4 Å². The van der Waals surface area contributed by atoms with Gasteiger partial charge in [-0.05, 0) is 42.8 Å². The van der Waals surface area contributed by atoms with E-state index in [0.717, 1.165) is 10.0 Å². The number of carboxylic acid groups (broad SMARTS) is 1. The lowest BCUT2D eigenvalue weighted by atomic mass is 10.1. The SMILES string of the molecule is COc1ccc(Br)cc1Nc1cc(C)ccc1C(=O)O. The van der Waals surface area contributed by atoms with E-state index >= 15 is 0 Å². The van der Waals surface area contributed by atoms with Gasteiger partial charge in [0.15, 0.2) is 0 Å². The first-order valence-corrected chi connectivity index (χ1v) is 6.75. The molecule has 4 nitrogen and oxygen atoms in total. The third-order valence-electron chi connectivity index (χ3n) is 2.84. The highest BCUT2D eigenvalue weighted by Crippen LogP contribution is 2.32. The molecule has 2 aromatic rings. The van der Waals surface area contributed by atoms with E-state index in [9.17, 15) is 9.90 Å². The Morgan fingerprint density at radius 2 is 1.95 bits per heavy atom. The number of hydrogen-bond donors (Lipinski definition) is 2. The number of rotatable bonds is 4. The molecule has 0 amide bonds. The third kappa shape index (κ3) is 3.11. The Balaban J connectivity index is 2.46. The lowest BCUT2D eigenvalue weighted by Gasteiger charge is -2.14. The maximum Gasteiger partial charge on any atom is 0.337 e. The van der Waals surface area contributed by atoms with Crippen LogP contribution in [-0.2, 0) is 0 Å². The number of benzene rings is 2. The summed E-state index contributed by atoms with van der Waals surface area (Å²) in [5, 5.41) is 12.4. The molecule has 5 heteroatoms. The van der Waals surface area contributed by atoms with Crippen molar-refractivity contribution in [1.82, 2.24) is 0 Å². The van der Waals surface area contributed by atoms with Crippen LogP contribution in [0.4, 0.5) is 11.4 Å². The van der Waals surface area contributed by atoms with Crippen LogP contribution in [0, 0.1) is 6.92 Å². The van der Waals surface area contributed by atoms with Gasteiger partial charge in [-0.15, -0.1) is 0 Å². The van der Waals surface area contributed by atoms with Crippen molar-refractivity contribution in [2.45, 2.75) is 6.92 Å². The van der Waals surface area contributed by atoms with Gasteiger partial charge in [0.1, 0.15) is 5.75 Å². The summed E-state index contributed by atoms with van der Waals surface area (Å²) < 4.78 is 6.15. The largest absolute Gasteiger partial charge is 0.495 e. The maximum absolute atomic E-state index is 11.3. The van der Waals surface area contributed by atoms with E-state index in [1.54, 1.807) is 25.3 Å². The minimum Gasteiger partial charge on any atom is -0.495 e. The second-order valence-electron chi connectivity index (χ2n) is 4.32. The van der Waals surface area contributed by atoms with E-state index in [0.29, 0.717) is 17.1 Å². The minimum atomic E-state index is -0.971. The predicted molar refractivity (Wildman–Crippen MR) is 82.1 cm³/mol. The molecule has 0 aliphatic rings. The van der Waals surface area contributed by atoms with E-state index in [1.807, 2.05) is 25.1 Å². The van der Waals surface area contributed by atoms with Gasteiger partial charge in [-0.2, -0.15) is 0 Å². The molecule has 0 fully saturated rings. The monoisotopic (exact) mass is 335 g/mol. The van der Waals surface area contributed by atoms with Crippen molar-refractivity contribution < 1.29 is 14.6 Å². The van der Waals surface area contributed by atoms with Gasteiger partial charge in [0.05, 0.1) is 24.0 Å². The van der Waals surface area contributed by atoms with Crippen LogP contribution in [0.25, 0.3) is 0 Å². The number of hydrogen-bond acceptors (Lipinski definition) is 3. The molecule has 0 atom stereocenters. The van der Waals surface area contributed by atoms with Crippen molar-refractivity contribution in [3.63, 3.8) is 0 Å². The number of anilines is 2. The highest BCUT2D eigenvalue weighted by atomic mass is 79.9. The average molecular weight is 336 g/mol. The Labute approximate surface area is 125 Å². The number of nitrogens with one attached hydrogen (secondary N) is 1. The maximum atomic E-state index is 11.3. The van der Waals surface area contributed by atoms with Crippen LogP contribution in [0.2, 0.25) is 0 Å². The fraction of sp³-hybridized carbons (Fsp3) is 0.133. The summed E-state index contributed by atoms with van der Waals surface area (Å²) in [5.74, 6) is -0.326. The van der Waals surface area contributed by atoms with Gasteiger partial charge >= 0.3 is 5.97 Å². The second-order valence-corrected chi connectivity index (χ2v) is 5.24. The van der Waals surface area contributed by atoms with E-state index in [-0.39, 0.29) is 5.56 Å². The number of methoxy groups -OCH3 is 1. The van der Waals surface area contributed by atoms with Crippen molar-refractivity contribution in [3.05, 3.63) is 52.0 Å². The highest BCUT2D eigenvalue weighted by molar-refractivity contribution is 9.10. The van der Waals surface area contributed by atoms with Crippen LogP contribution >= 0.6 is 15.9 Å². The molecule has 0 saturated heterocycles. The van der Waals surface area contributed by atoms with E-state index < -0.39 is 5.97 Å². The van der Waals surface area contributed by atoms with Crippen LogP contribution < -0.4 is 10.1 Å². The molecule has 0 saturated carbocycles. The smallest absolute Gasteiger partial charge is 0.337 e. The van der Waals surface area contributed by atoms with Gasteiger partial charge in [-0.1, -0.05) is 22.0 Å². The van der Waals surface area contributed by atoms with Gasteiger partial charge in [-0.3, -0.25) is 0 Å². The van der Waals surface area contributed by atoms with E-state index in [4.69, 9.17) is 4.74 Å². The Morgan fingerprint density at radius 1 is 1.20 bits per heavy atom. The fourth-order valence-corrected chi connectivity index (χ4v) is 2.23. The van der Waals surface area contributed by atoms with Gasteiger partial charge in [0.2, 0.25) is 0 Å². The second kappa shape index (κ2) is 5.96. The molecule has 20 heavy (non-hydrogen) atoms. The Bertz CT molecular complexity index is 656. The highest BCUT2D eigenvalue weighted by Gasteiger charge is 2.12. The standard InChI is InChI=1S/C15H14BrNO3/c1-9-3-5-11(15(18)19)12(7-9)17-13-8-10(16)4-6-14(13)20-2/h3-8,17H,1-2H3,(H,18,19). The molecule has 0 aliphatic carbocycles. The molecule has 0 aromatic heterocycles. The zero-order chi connectivity index (χ0) is 14.7. The number of halogens is 1. The van der Waals surface area contributed by atoms with Crippen molar-refractivity contribution in [2.24, 2.45) is 0 Å². The molecule has 0 aliphatic heterocycles. The Hall–Kier alpha value is -2.01. The lowest BCUT2D eigenvalue weighted by molar-refractivity contribution is 0.0698. The molecule has 104 valence electrons. The topological polar surface area (TPSA) is 58.6 Å². The van der Waals surface area contributed by atoms with Gasteiger partial charge < -0.3 is 15.2 Å². The van der Waals surface area contributed by atoms with Crippen LogP contribution in [-0.4, -0.2) is 18.2 Å². The Morgan fingerprint density at radius 3 is 2.60 bits per heavy atom. The van der Waals surface area contributed by atoms with E-state index in [1.165, 1.54) is 0 Å². The summed E-state index contributed by atoms with van der Waals surface area (Å²) in [5.41, 5.74) is 2.44. The zero-order valence-electron chi connectivity index (χ0n) is 11.1. The van der Waals surface area contributed by atoms with Crippen molar-refractivity contribution in [3.8, 4) is 5.75 Å². The summed E-state index contributed by atoms with van der Waals surface area (Å²) >= 11 is 3.39. The molecule has 2 rings (SSSR count). The van der Waals surface area contributed by atoms with Crippen LogP contribution in [0.3, 0.4) is 0 Å². The van der Waals surface area contributed by atoms with E-state index in [2.05, 4.69) is 21.2 Å². The summed E-state index contributed by atoms with van der Waals surface area (Å²) in [6.07, 6.45) is 0. The first-order chi connectivity index (χ1) is 9.51. The Kier molecular flexibility index (Phi) is 4.29. The quantitative estimate of drug-likeness (QED) is 0.878. The lowest BCUT2D eigenvalue weighted by Crippen LogP contribution is -2.04. The molecular formula is C15H14BrNO3. The van der Waals surface area contributed by atoms with Crippen LogP contribution in [0.1, 0.15) is 15.9 Å². The molecule has 2 N–H and O–H groups in total. The molecular weight excluding hydrogens is 322 g/mol. The summed E-state index contributed by atoms with van der Waals surface area (Å²) in [4.78, 5) is 11.3. The van der Waals surface area contributed by atoms with Gasteiger partial charge in [0, 0.05) is 4.47 Å². The molecule has 0 heterocycles. The molecule has 0 radical (unpaired) electrons. The molecule has 2 aromatic carbocycles. The predicted octanol–water partition coefficient (Wildman–Crippen LogP) is 4.21. The number of ether oxygens (including phenoxy) is 1. The van der Waals surface area contributed by atoms with Gasteiger partial charge in [-0.25, -0.2) is 4.79 Å². The van der Waals surface area contributed by atoms with Crippen LogP contribution in [0.15, 0.2) is 40.9 Å². The fourth-order valence-electron chi connectivity index (χ4n) is 1.87. The summed E-state index contributed by atoms with van der Waals surface area (Å²) in [6, 6.07) is 10.7. The number of aryl methyl sites for hydroxylation is 1. The molecule has 0 unspecified atom stereocenters. The summed E-state index contributed by atoms with van der Waals surface area (Å²) in [6.45, 7) is 1.91. The number of carboxylic acids is 1. The third-order valence-corrected chi connectivity index (χ3v) is 3.33. The normalized spacial score (nSPS) is 10.2. The minimum absolute atomic E-state index is 0.220. The van der Waals surface area contributed by atoms with Gasteiger partial charge in [0.25, 0.3) is 0 Å². The van der Waals surface area contributed by atoms with Crippen molar-refractivity contribution in [1.29, 1.82) is 0 Å². The van der Waals surface area contributed by atoms with Crippen molar-refractivity contribution >= 4 is 33.3 Å². The number of aromatic carboxylic acids is 1. The first-order valence-electron chi connectivity index (χ1n) is 5.96. The summed E-state index contributed by atoms with van der Waals surface area (Å²) in [7, 11) is 1.57.